The summed E-state index contributed by atoms with van der Waals surface area (Å²) in [6, 6.07) is 1.13. The summed E-state index contributed by atoms with van der Waals surface area (Å²) >= 11 is 5.81. The first kappa shape index (κ1) is 17.5. The highest BCUT2D eigenvalue weighted by Gasteiger charge is 2.16. The van der Waals surface area contributed by atoms with Gasteiger partial charge in [-0.3, -0.25) is 10.1 Å². The fraction of sp³-hybridized carbons (Fsp3) is 0.385. The summed E-state index contributed by atoms with van der Waals surface area (Å²) in [7, 11) is 0. The molecule has 1 aromatic rings. The lowest BCUT2D eigenvalue weighted by Gasteiger charge is -2.18. The highest BCUT2D eigenvalue weighted by atomic mass is 35.5. The Morgan fingerprint density at radius 1 is 1.59 bits per heavy atom. The third kappa shape index (κ3) is 5.46. The number of carbonyl (C=O) groups is 1. The maximum atomic E-state index is 11.4. The summed E-state index contributed by atoms with van der Waals surface area (Å²) in [5.41, 5.74) is 4.54. The van der Waals surface area contributed by atoms with Crippen LogP contribution in [0.15, 0.2) is 6.07 Å². The van der Waals surface area contributed by atoms with Gasteiger partial charge in [0.05, 0.1) is 17.0 Å². The number of nitrogens with one attached hydrogen (secondary N) is 1. The van der Waals surface area contributed by atoms with Crippen molar-refractivity contribution in [1.82, 2.24) is 10.3 Å². The van der Waals surface area contributed by atoms with Crippen LogP contribution in [0.25, 0.3) is 0 Å². The Bertz CT molecular complexity index is 658. The van der Waals surface area contributed by atoms with Crippen molar-refractivity contribution in [2.24, 2.45) is 0 Å². The first-order chi connectivity index (χ1) is 10.1. The lowest BCUT2D eigenvalue weighted by Crippen LogP contribution is -2.32. The Hall–Kier alpha value is -2.53. The average Bonchev–Trinajstić information content (AvgIpc) is 2.33. The fourth-order valence-corrected chi connectivity index (χ4v) is 1.49. The van der Waals surface area contributed by atoms with Gasteiger partial charge in [-0.15, -0.1) is 0 Å². The van der Waals surface area contributed by atoms with Crippen LogP contribution in [0, 0.1) is 22.0 Å². The molecule has 3 N–H and O–H groups in total. The van der Waals surface area contributed by atoms with E-state index in [1.54, 1.807) is 20.8 Å². The van der Waals surface area contributed by atoms with E-state index in [1.165, 1.54) is 0 Å². The van der Waals surface area contributed by atoms with Gasteiger partial charge in [0, 0.05) is 6.07 Å². The van der Waals surface area contributed by atoms with Crippen molar-refractivity contribution >= 4 is 29.2 Å². The number of nitrogens with two attached hydrogens (primary N) is 1. The maximum absolute atomic E-state index is 11.4. The zero-order chi connectivity index (χ0) is 16.9. The first-order valence-electron chi connectivity index (χ1n) is 6.16. The Labute approximate surface area is 132 Å². The van der Waals surface area contributed by atoms with Crippen molar-refractivity contribution in [2.45, 2.75) is 26.4 Å². The Balaban J connectivity index is 2.75. The minimum atomic E-state index is -0.678. The number of alkyl carbamates (subject to hydrolysis) is 1. The van der Waals surface area contributed by atoms with Crippen LogP contribution in [0.2, 0.25) is 5.15 Å². The molecule has 0 aliphatic heterocycles. The van der Waals surface area contributed by atoms with E-state index in [2.05, 4.69) is 22.1 Å². The molecule has 0 aromatic carbocycles. The van der Waals surface area contributed by atoms with E-state index < -0.39 is 16.6 Å². The second-order valence-electron chi connectivity index (χ2n) is 5.15. The number of nitro groups is 1. The van der Waals surface area contributed by atoms with Crippen LogP contribution in [0.4, 0.5) is 16.3 Å². The van der Waals surface area contributed by atoms with Crippen molar-refractivity contribution in [3.8, 4) is 11.8 Å². The minimum Gasteiger partial charge on any atom is -0.444 e. The number of rotatable bonds is 2. The monoisotopic (exact) mass is 326 g/mol. The van der Waals surface area contributed by atoms with E-state index in [0.29, 0.717) is 0 Å². The molecule has 0 unspecified atom stereocenters. The van der Waals surface area contributed by atoms with Gasteiger partial charge in [0.2, 0.25) is 5.82 Å². The lowest BCUT2D eigenvalue weighted by molar-refractivity contribution is -0.384. The van der Waals surface area contributed by atoms with E-state index in [0.717, 1.165) is 6.07 Å². The second kappa shape index (κ2) is 6.95. The third-order valence-electron chi connectivity index (χ3n) is 2.12. The predicted molar refractivity (Wildman–Crippen MR) is 81.4 cm³/mol. The summed E-state index contributed by atoms with van der Waals surface area (Å²) in [6.45, 7) is 5.19. The van der Waals surface area contributed by atoms with Gasteiger partial charge >= 0.3 is 11.8 Å². The number of amides is 1. The normalized spacial score (nSPS) is 10.4. The number of nitrogens with zero attached hydrogens (tertiary/aromatic N) is 2. The molecule has 22 heavy (non-hydrogen) atoms. The molecule has 9 heteroatoms. The molecule has 0 radical (unpaired) electrons. The van der Waals surface area contributed by atoms with Gasteiger partial charge in [0.15, 0.2) is 0 Å². The number of hydrogen-bond donors (Lipinski definition) is 2. The predicted octanol–water partition coefficient (Wildman–Crippen LogP) is 2.10. The molecule has 0 bridgehead atoms. The number of anilines is 1. The van der Waals surface area contributed by atoms with Gasteiger partial charge in [0.25, 0.3) is 0 Å². The van der Waals surface area contributed by atoms with Crippen molar-refractivity contribution in [2.75, 3.05) is 12.3 Å². The van der Waals surface area contributed by atoms with Gasteiger partial charge in [-0.05, 0) is 20.8 Å². The number of hydrogen-bond acceptors (Lipinski definition) is 6. The topological polar surface area (TPSA) is 120 Å². The highest BCUT2D eigenvalue weighted by Crippen LogP contribution is 2.24. The van der Waals surface area contributed by atoms with Crippen LogP contribution in [-0.2, 0) is 4.74 Å². The average molecular weight is 327 g/mol. The molecular formula is C13H15ClN4O4. The molecular weight excluding hydrogens is 312 g/mol. The van der Waals surface area contributed by atoms with Gasteiger partial charge in [-0.25, -0.2) is 9.78 Å². The minimum absolute atomic E-state index is 0.0105. The Morgan fingerprint density at radius 3 is 2.77 bits per heavy atom. The van der Waals surface area contributed by atoms with Crippen LogP contribution < -0.4 is 11.1 Å². The first-order valence-corrected chi connectivity index (χ1v) is 6.54. The number of pyridine rings is 1. The maximum Gasteiger partial charge on any atom is 0.408 e. The third-order valence-corrected chi connectivity index (χ3v) is 2.41. The van der Waals surface area contributed by atoms with Gasteiger partial charge in [0.1, 0.15) is 10.8 Å². The molecule has 0 fully saturated rings. The molecule has 0 aliphatic rings. The SMILES string of the molecule is CC(C)(C)OC(=O)NCC#Cc1cc([N+](=O)[O-])c(N)nc1Cl. The number of halogens is 1. The van der Waals surface area contributed by atoms with Crippen LogP contribution >= 0.6 is 11.6 Å². The van der Waals surface area contributed by atoms with Crippen LogP contribution in [-0.4, -0.2) is 28.1 Å². The Morgan fingerprint density at radius 2 is 2.23 bits per heavy atom. The molecule has 0 saturated carbocycles. The van der Waals surface area contributed by atoms with Crippen LogP contribution in [0.5, 0.6) is 0 Å². The lowest BCUT2D eigenvalue weighted by atomic mass is 10.2. The highest BCUT2D eigenvalue weighted by molar-refractivity contribution is 6.30. The van der Waals surface area contributed by atoms with E-state index in [-0.39, 0.29) is 28.8 Å². The number of carbonyl (C=O) groups excluding carboxylic acids is 1. The van der Waals surface area contributed by atoms with Crippen LogP contribution in [0.1, 0.15) is 26.3 Å². The van der Waals surface area contributed by atoms with E-state index >= 15 is 0 Å². The molecule has 1 heterocycles. The molecule has 8 nitrogen and oxygen atoms in total. The molecule has 0 atom stereocenters. The Kier molecular flexibility index (Phi) is 5.54. The van der Waals surface area contributed by atoms with E-state index in [4.69, 9.17) is 22.1 Å². The van der Waals surface area contributed by atoms with E-state index in [9.17, 15) is 14.9 Å². The van der Waals surface area contributed by atoms with E-state index in [1.807, 2.05) is 0 Å². The summed E-state index contributed by atoms with van der Waals surface area (Å²) in [4.78, 5) is 25.1. The van der Waals surface area contributed by atoms with Crippen molar-refractivity contribution in [3.63, 3.8) is 0 Å². The number of ether oxygens (including phenoxy) is 1. The van der Waals surface area contributed by atoms with Gasteiger partial charge < -0.3 is 15.8 Å². The fourth-order valence-electron chi connectivity index (χ4n) is 1.30. The largest absolute Gasteiger partial charge is 0.444 e. The summed E-state index contributed by atoms with van der Waals surface area (Å²) < 4.78 is 5.02. The van der Waals surface area contributed by atoms with Crippen molar-refractivity contribution < 1.29 is 14.5 Å². The smallest absolute Gasteiger partial charge is 0.408 e. The molecule has 1 rings (SSSR count). The standard InChI is InChI=1S/C13H15ClN4O4/c1-13(2,3)22-12(19)16-6-4-5-8-7-9(18(20)21)11(15)17-10(8)14/h7H,6H2,1-3H3,(H2,15,17)(H,16,19). The van der Waals surface area contributed by atoms with Crippen molar-refractivity contribution in [3.05, 3.63) is 26.9 Å². The molecule has 0 aliphatic carbocycles. The summed E-state index contributed by atoms with van der Waals surface area (Å²) in [6.07, 6.45) is -0.616. The van der Waals surface area contributed by atoms with Crippen LogP contribution in [0.3, 0.4) is 0 Å². The van der Waals surface area contributed by atoms with Gasteiger partial charge in [-0.2, -0.15) is 0 Å². The molecule has 118 valence electrons. The summed E-state index contributed by atoms with van der Waals surface area (Å²) in [5, 5.41) is 13.1. The quantitative estimate of drug-likeness (QED) is 0.371. The molecule has 1 aromatic heterocycles. The zero-order valence-electron chi connectivity index (χ0n) is 12.3. The molecule has 0 saturated heterocycles. The van der Waals surface area contributed by atoms with Crippen molar-refractivity contribution in [1.29, 1.82) is 0 Å². The molecule has 1 amide bonds. The zero-order valence-corrected chi connectivity index (χ0v) is 13.0. The number of nitrogen functional groups attached to an aromatic ring is 1. The summed E-state index contributed by atoms with van der Waals surface area (Å²) in [5.74, 6) is 4.89. The molecule has 0 spiro atoms. The number of aromatic nitrogens is 1. The van der Waals surface area contributed by atoms with Gasteiger partial charge in [-0.1, -0.05) is 23.4 Å². The second-order valence-corrected chi connectivity index (χ2v) is 5.50.